The Bertz CT molecular complexity index is 1010. The van der Waals surface area contributed by atoms with E-state index in [9.17, 15) is 14.4 Å². The largest absolute Gasteiger partial charge is 0.354 e. The lowest BCUT2D eigenvalue weighted by Gasteiger charge is -2.13. The van der Waals surface area contributed by atoms with E-state index in [1.807, 2.05) is 17.5 Å². The van der Waals surface area contributed by atoms with Gasteiger partial charge in [-0.1, -0.05) is 12.1 Å². The highest BCUT2D eigenvalue weighted by molar-refractivity contribution is 7.09. The second-order valence-electron chi connectivity index (χ2n) is 6.20. The van der Waals surface area contributed by atoms with Crippen LogP contribution in [-0.2, 0) is 11.2 Å². The minimum Gasteiger partial charge on any atom is -0.354 e. The zero-order valence-corrected chi connectivity index (χ0v) is 15.6. The summed E-state index contributed by atoms with van der Waals surface area (Å²) in [6.07, 6.45) is 4.01. The van der Waals surface area contributed by atoms with Crippen LogP contribution in [0.3, 0.4) is 0 Å². The fraction of sp³-hybridized carbons (Fsp3) is 0.150. The number of hydrogen-bond donors (Lipinski definition) is 1. The lowest BCUT2D eigenvalue weighted by Crippen LogP contribution is -2.40. The van der Waals surface area contributed by atoms with Gasteiger partial charge >= 0.3 is 0 Å². The number of thiazole rings is 1. The summed E-state index contributed by atoms with van der Waals surface area (Å²) in [5.41, 5.74) is 2.55. The first-order chi connectivity index (χ1) is 13.6. The normalized spacial score (nSPS) is 12.9. The lowest BCUT2D eigenvalue weighted by molar-refractivity contribution is -0.121. The quantitative estimate of drug-likeness (QED) is 0.649. The minimum absolute atomic E-state index is 0.285. The average Bonchev–Trinajstić information content (AvgIpc) is 3.28. The van der Waals surface area contributed by atoms with Crippen LogP contribution in [0.25, 0.3) is 11.3 Å². The van der Waals surface area contributed by atoms with Crippen LogP contribution < -0.4 is 5.32 Å². The van der Waals surface area contributed by atoms with Crippen molar-refractivity contribution in [1.82, 2.24) is 20.2 Å². The fourth-order valence-electron chi connectivity index (χ4n) is 2.97. The third-order valence-electron chi connectivity index (χ3n) is 4.37. The molecule has 1 aliphatic rings. The maximum atomic E-state index is 12.3. The predicted molar refractivity (Wildman–Crippen MR) is 104 cm³/mol. The number of benzene rings is 1. The molecule has 3 heterocycles. The maximum Gasteiger partial charge on any atom is 0.262 e. The van der Waals surface area contributed by atoms with Gasteiger partial charge < -0.3 is 5.32 Å². The number of fused-ring (bicyclic) bond motifs is 1. The molecule has 1 aromatic carbocycles. The summed E-state index contributed by atoms with van der Waals surface area (Å²) in [4.78, 5) is 46.3. The molecule has 0 saturated heterocycles. The Kier molecular flexibility index (Phi) is 4.94. The number of carbonyl (C=O) groups excluding carboxylic acids is 3. The van der Waals surface area contributed by atoms with Crippen LogP contribution in [0.4, 0.5) is 0 Å². The van der Waals surface area contributed by atoms with Gasteiger partial charge in [-0.2, -0.15) is 0 Å². The van der Waals surface area contributed by atoms with Gasteiger partial charge in [-0.25, -0.2) is 4.98 Å². The van der Waals surface area contributed by atoms with Crippen molar-refractivity contribution in [1.29, 1.82) is 0 Å². The number of pyridine rings is 1. The number of rotatable bonds is 6. The molecule has 0 bridgehead atoms. The predicted octanol–water partition coefficient (Wildman–Crippen LogP) is 2.16. The van der Waals surface area contributed by atoms with E-state index in [4.69, 9.17) is 0 Å². The van der Waals surface area contributed by atoms with Crippen molar-refractivity contribution >= 4 is 29.1 Å². The van der Waals surface area contributed by atoms with Gasteiger partial charge in [0.15, 0.2) is 0 Å². The standard InChI is InChI=1S/C20H16N4O3S/c25-17(11-24-19(26)14-3-1-2-4-15(14)20(24)27)22-10-7-18-23-16(12-28-18)13-5-8-21-9-6-13/h1-6,8-9,12H,7,10-11H2,(H,22,25). The number of aromatic nitrogens is 2. The van der Waals surface area contributed by atoms with Gasteiger partial charge in [0.05, 0.1) is 21.8 Å². The molecule has 3 aromatic rings. The summed E-state index contributed by atoms with van der Waals surface area (Å²) in [6.45, 7) is 0.0950. The van der Waals surface area contributed by atoms with E-state index < -0.39 is 11.8 Å². The number of hydrogen-bond acceptors (Lipinski definition) is 6. The Balaban J connectivity index is 1.30. The minimum atomic E-state index is -0.433. The Morgan fingerprint density at radius 3 is 2.39 bits per heavy atom. The summed E-state index contributed by atoms with van der Waals surface area (Å²) >= 11 is 1.52. The zero-order valence-electron chi connectivity index (χ0n) is 14.8. The molecular weight excluding hydrogens is 376 g/mol. The molecule has 140 valence electrons. The van der Waals surface area contributed by atoms with Crippen molar-refractivity contribution in [2.24, 2.45) is 0 Å². The molecule has 0 aliphatic carbocycles. The highest BCUT2D eigenvalue weighted by Gasteiger charge is 2.36. The molecule has 0 radical (unpaired) electrons. The van der Waals surface area contributed by atoms with E-state index in [0.29, 0.717) is 24.1 Å². The van der Waals surface area contributed by atoms with E-state index in [0.717, 1.165) is 21.2 Å². The molecule has 0 saturated carbocycles. The third kappa shape index (κ3) is 3.54. The summed E-state index contributed by atoms with van der Waals surface area (Å²) in [5.74, 6) is -1.24. The van der Waals surface area contributed by atoms with Crippen LogP contribution in [-0.4, -0.2) is 45.7 Å². The monoisotopic (exact) mass is 392 g/mol. The number of amides is 3. The second kappa shape index (κ2) is 7.69. The highest BCUT2D eigenvalue weighted by Crippen LogP contribution is 2.22. The van der Waals surface area contributed by atoms with E-state index in [2.05, 4.69) is 15.3 Å². The second-order valence-corrected chi connectivity index (χ2v) is 7.15. The SMILES string of the molecule is O=C(CN1C(=O)c2ccccc2C1=O)NCCc1nc(-c2ccncc2)cs1. The van der Waals surface area contributed by atoms with Crippen molar-refractivity contribution in [2.45, 2.75) is 6.42 Å². The van der Waals surface area contributed by atoms with Gasteiger partial charge in [-0.15, -0.1) is 11.3 Å². The van der Waals surface area contributed by atoms with Crippen LogP contribution in [0, 0.1) is 0 Å². The van der Waals surface area contributed by atoms with Crippen molar-refractivity contribution in [3.63, 3.8) is 0 Å². The zero-order chi connectivity index (χ0) is 19.5. The molecule has 0 unspecified atom stereocenters. The fourth-order valence-corrected chi connectivity index (χ4v) is 3.78. The molecule has 7 nitrogen and oxygen atoms in total. The van der Waals surface area contributed by atoms with Gasteiger partial charge in [0, 0.05) is 36.3 Å². The van der Waals surface area contributed by atoms with Crippen molar-refractivity contribution in [3.05, 3.63) is 70.3 Å². The molecular formula is C20H16N4O3S. The average molecular weight is 392 g/mol. The third-order valence-corrected chi connectivity index (χ3v) is 5.28. The Hall–Kier alpha value is -3.39. The lowest BCUT2D eigenvalue weighted by atomic mass is 10.1. The van der Waals surface area contributed by atoms with E-state index in [-0.39, 0.29) is 12.5 Å². The number of carbonyl (C=O) groups is 3. The molecule has 2 aromatic heterocycles. The molecule has 1 N–H and O–H groups in total. The summed E-state index contributed by atoms with van der Waals surface area (Å²) < 4.78 is 0. The van der Waals surface area contributed by atoms with Crippen LogP contribution in [0.15, 0.2) is 54.2 Å². The van der Waals surface area contributed by atoms with Crippen LogP contribution in [0.1, 0.15) is 25.7 Å². The first kappa shape index (κ1) is 18.0. The summed E-state index contributed by atoms with van der Waals surface area (Å²) in [5, 5.41) is 5.61. The number of nitrogens with one attached hydrogen (secondary N) is 1. The van der Waals surface area contributed by atoms with Crippen LogP contribution in [0.5, 0.6) is 0 Å². The van der Waals surface area contributed by atoms with E-state index >= 15 is 0 Å². The number of imide groups is 1. The van der Waals surface area contributed by atoms with Crippen LogP contribution >= 0.6 is 11.3 Å². The molecule has 8 heteroatoms. The Morgan fingerprint density at radius 1 is 1.04 bits per heavy atom. The Morgan fingerprint density at radius 2 is 1.71 bits per heavy atom. The molecule has 1 aliphatic heterocycles. The van der Waals surface area contributed by atoms with Gasteiger partial charge in [-0.05, 0) is 24.3 Å². The molecule has 0 spiro atoms. The van der Waals surface area contributed by atoms with Gasteiger partial charge in [-0.3, -0.25) is 24.3 Å². The van der Waals surface area contributed by atoms with Crippen molar-refractivity contribution in [3.8, 4) is 11.3 Å². The molecule has 28 heavy (non-hydrogen) atoms. The molecule has 0 atom stereocenters. The van der Waals surface area contributed by atoms with Crippen molar-refractivity contribution < 1.29 is 14.4 Å². The van der Waals surface area contributed by atoms with Gasteiger partial charge in [0.2, 0.25) is 5.91 Å². The Labute approximate surface area is 165 Å². The van der Waals surface area contributed by atoms with Gasteiger partial charge in [0.1, 0.15) is 6.54 Å². The summed E-state index contributed by atoms with van der Waals surface area (Å²) in [6, 6.07) is 10.4. The maximum absolute atomic E-state index is 12.3. The first-order valence-corrected chi connectivity index (χ1v) is 9.58. The van der Waals surface area contributed by atoms with Crippen LogP contribution in [0.2, 0.25) is 0 Å². The molecule has 0 fully saturated rings. The van der Waals surface area contributed by atoms with E-state index in [1.165, 1.54) is 11.3 Å². The first-order valence-electron chi connectivity index (χ1n) is 8.70. The molecule has 4 rings (SSSR count). The highest BCUT2D eigenvalue weighted by atomic mass is 32.1. The van der Waals surface area contributed by atoms with Crippen molar-refractivity contribution in [2.75, 3.05) is 13.1 Å². The van der Waals surface area contributed by atoms with Gasteiger partial charge in [0.25, 0.3) is 11.8 Å². The smallest absolute Gasteiger partial charge is 0.262 e. The summed E-state index contributed by atoms with van der Waals surface area (Å²) in [7, 11) is 0. The topological polar surface area (TPSA) is 92.3 Å². The number of nitrogens with zero attached hydrogens (tertiary/aromatic N) is 3. The molecule has 3 amide bonds. The van der Waals surface area contributed by atoms with E-state index in [1.54, 1.807) is 36.7 Å².